The van der Waals surface area contributed by atoms with Gasteiger partial charge in [-0.05, 0) is 24.6 Å². The zero-order valence-electron chi connectivity index (χ0n) is 18.3. The smallest absolute Gasteiger partial charge is 0.235 e. The number of ketones is 1. The van der Waals surface area contributed by atoms with Crippen molar-refractivity contribution >= 4 is 5.78 Å². The van der Waals surface area contributed by atoms with Crippen molar-refractivity contribution in [1.29, 1.82) is 0 Å². The molecule has 8 nitrogen and oxygen atoms in total. The Morgan fingerprint density at radius 1 is 1.09 bits per heavy atom. The third-order valence-corrected chi connectivity index (χ3v) is 5.90. The van der Waals surface area contributed by atoms with Gasteiger partial charge in [-0.15, -0.1) is 0 Å². The van der Waals surface area contributed by atoms with Gasteiger partial charge in [0.25, 0.3) is 0 Å². The molecule has 1 fully saturated rings. The predicted molar refractivity (Wildman–Crippen MR) is 120 cm³/mol. The molecule has 1 aromatic carbocycles. The molecular formula is C24H28N2O6. The van der Waals surface area contributed by atoms with Gasteiger partial charge in [-0.2, -0.15) is 0 Å². The van der Waals surface area contributed by atoms with Crippen molar-refractivity contribution in [3.05, 3.63) is 47.6 Å². The number of carbonyl (C=O) groups excluding carboxylic acids is 1. The third-order valence-electron chi connectivity index (χ3n) is 5.90. The van der Waals surface area contributed by atoms with E-state index in [0.717, 1.165) is 13.1 Å². The molecular weight excluding hydrogens is 412 g/mol. The summed E-state index contributed by atoms with van der Waals surface area (Å²) < 4.78 is 17.8. The largest absolute Gasteiger partial charge is 0.503 e. The second kappa shape index (κ2) is 9.50. The number of hydrogen-bond acceptors (Lipinski definition) is 7. The van der Waals surface area contributed by atoms with Gasteiger partial charge in [-0.1, -0.05) is 18.2 Å². The molecule has 0 radical (unpaired) electrons. The molecule has 0 amide bonds. The first-order chi connectivity index (χ1) is 15.5. The number of nitrogens with zero attached hydrogens (tertiary/aromatic N) is 2. The summed E-state index contributed by atoms with van der Waals surface area (Å²) in [5, 5.41) is 21.7. The lowest BCUT2D eigenvalue weighted by atomic mass is 9.98. The standard InChI is InChI=1S/C24H28N2O6/c1-30-18-8-7-17(15-19(18)31-2)21-20(22(27)16-5-3-4-6-16)23(28)24(29)26(21)10-9-25-11-13-32-14-12-25/h3-5,7-8,15,28-29H,6,9-14H2,1-2H3. The van der Waals surface area contributed by atoms with Gasteiger partial charge in [0.15, 0.2) is 23.0 Å². The summed E-state index contributed by atoms with van der Waals surface area (Å²) in [7, 11) is 3.09. The summed E-state index contributed by atoms with van der Waals surface area (Å²) in [6.07, 6.45) is 5.93. The Morgan fingerprint density at radius 2 is 1.84 bits per heavy atom. The highest BCUT2D eigenvalue weighted by Gasteiger charge is 2.30. The Hall–Kier alpha value is -3.23. The lowest BCUT2D eigenvalue weighted by Crippen LogP contribution is -2.38. The molecule has 1 saturated heterocycles. The molecule has 2 aliphatic rings. The molecule has 2 heterocycles. The lowest BCUT2D eigenvalue weighted by Gasteiger charge is -2.27. The summed E-state index contributed by atoms with van der Waals surface area (Å²) in [6.45, 7) is 3.96. The number of hydrogen-bond donors (Lipinski definition) is 2. The van der Waals surface area contributed by atoms with Crippen molar-refractivity contribution in [3.63, 3.8) is 0 Å². The van der Waals surface area contributed by atoms with Crippen LogP contribution >= 0.6 is 0 Å². The van der Waals surface area contributed by atoms with E-state index in [1.807, 2.05) is 12.2 Å². The fourth-order valence-electron chi connectivity index (χ4n) is 4.15. The van der Waals surface area contributed by atoms with E-state index in [2.05, 4.69) is 4.90 Å². The summed E-state index contributed by atoms with van der Waals surface area (Å²) in [6, 6.07) is 5.28. The van der Waals surface area contributed by atoms with Crippen molar-refractivity contribution in [2.24, 2.45) is 0 Å². The number of ether oxygens (including phenoxy) is 3. The number of aromatic hydroxyl groups is 2. The fourth-order valence-corrected chi connectivity index (χ4v) is 4.15. The number of Topliss-reactive ketones (excluding diaryl/α,β-unsaturated/α-hetero) is 1. The molecule has 4 rings (SSSR count). The van der Waals surface area contributed by atoms with Gasteiger partial charge in [0, 0.05) is 37.3 Å². The predicted octanol–water partition coefficient (Wildman–Crippen LogP) is 2.98. The molecule has 0 unspecified atom stereocenters. The average Bonchev–Trinajstić information content (AvgIpc) is 3.45. The minimum absolute atomic E-state index is 0.0895. The van der Waals surface area contributed by atoms with Crippen LogP contribution in [-0.4, -0.2) is 72.5 Å². The molecule has 1 aliphatic heterocycles. The first-order valence-electron chi connectivity index (χ1n) is 10.6. The van der Waals surface area contributed by atoms with Gasteiger partial charge < -0.3 is 29.0 Å². The summed E-state index contributed by atoms with van der Waals surface area (Å²) in [5.74, 6) is 0.00183. The Bertz CT molecular complexity index is 1060. The van der Waals surface area contributed by atoms with Crippen molar-refractivity contribution in [2.75, 3.05) is 47.1 Å². The van der Waals surface area contributed by atoms with Crippen molar-refractivity contribution in [2.45, 2.75) is 13.0 Å². The molecule has 2 aromatic rings. The van der Waals surface area contributed by atoms with E-state index in [-0.39, 0.29) is 17.2 Å². The van der Waals surface area contributed by atoms with E-state index in [1.54, 1.807) is 36.0 Å². The Labute approximate surface area is 186 Å². The van der Waals surface area contributed by atoms with E-state index in [0.29, 0.717) is 61.1 Å². The summed E-state index contributed by atoms with van der Waals surface area (Å²) in [4.78, 5) is 15.6. The van der Waals surface area contributed by atoms with Crippen LogP contribution in [0.15, 0.2) is 42.0 Å². The highest BCUT2D eigenvalue weighted by molar-refractivity contribution is 6.15. The van der Waals surface area contributed by atoms with Crippen molar-refractivity contribution in [1.82, 2.24) is 9.47 Å². The molecule has 170 valence electrons. The Morgan fingerprint density at radius 3 is 2.50 bits per heavy atom. The van der Waals surface area contributed by atoms with Crippen LogP contribution in [0.2, 0.25) is 0 Å². The second-order valence-electron chi connectivity index (χ2n) is 7.72. The highest BCUT2D eigenvalue weighted by atomic mass is 16.5. The number of allylic oxidation sites excluding steroid dienone is 4. The quantitative estimate of drug-likeness (QED) is 0.610. The fraction of sp³-hybridized carbons (Fsp3) is 0.375. The second-order valence-corrected chi connectivity index (χ2v) is 7.72. The Balaban J connectivity index is 1.80. The molecule has 2 N–H and O–H groups in total. The van der Waals surface area contributed by atoms with Crippen LogP contribution in [-0.2, 0) is 11.3 Å². The van der Waals surface area contributed by atoms with Gasteiger partial charge in [0.1, 0.15) is 0 Å². The number of benzene rings is 1. The lowest BCUT2D eigenvalue weighted by molar-refractivity contribution is 0.0362. The first-order valence-corrected chi connectivity index (χ1v) is 10.6. The number of rotatable bonds is 8. The zero-order valence-corrected chi connectivity index (χ0v) is 18.3. The molecule has 8 heteroatoms. The monoisotopic (exact) mass is 440 g/mol. The van der Waals surface area contributed by atoms with Gasteiger partial charge in [-0.3, -0.25) is 9.69 Å². The Kier molecular flexibility index (Phi) is 6.53. The van der Waals surface area contributed by atoms with Crippen molar-refractivity contribution < 1.29 is 29.2 Å². The van der Waals surface area contributed by atoms with Crippen LogP contribution in [0.1, 0.15) is 16.8 Å². The van der Waals surface area contributed by atoms with Gasteiger partial charge >= 0.3 is 0 Å². The normalized spacial score (nSPS) is 16.2. The number of morpholine rings is 1. The van der Waals surface area contributed by atoms with Crippen LogP contribution in [0.3, 0.4) is 0 Å². The maximum Gasteiger partial charge on any atom is 0.235 e. The van der Waals surface area contributed by atoms with E-state index in [1.165, 1.54) is 7.11 Å². The van der Waals surface area contributed by atoms with E-state index >= 15 is 0 Å². The number of carbonyl (C=O) groups is 1. The minimum Gasteiger partial charge on any atom is -0.503 e. The number of aromatic nitrogens is 1. The van der Waals surface area contributed by atoms with Crippen LogP contribution in [0.5, 0.6) is 23.1 Å². The molecule has 1 aromatic heterocycles. The SMILES string of the molecule is COc1ccc(-c2c(C(=O)C3=CC=CC3)c(O)c(O)n2CCN2CCOCC2)cc1OC. The maximum absolute atomic E-state index is 13.3. The molecule has 0 saturated carbocycles. The van der Waals surface area contributed by atoms with Gasteiger partial charge in [0.05, 0.1) is 38.7 Å². The summed E-state index contributed by atoms with van der Waals surface area (Å²) >= 11 is 0. The van der Waals surface area contributed by atoms with E-state index < -0.39 is 5.75 Å². The molecule has 1 aliphatic carbocycles. The average molecular weight is 440 g/mol. The molecule has 32 heavy (non-hydrogen) atoms. The van der Waals surface area contributed by atoms with Crippen LogP contribution < -0.4 is 9.47 Å². The highest BCUT2D eigenvalue weighted by Crippen LogP contribution is 2.44. The van der Waals surface area contributed by atoms with Gasteiger partial charge in [-0.25, -0.2) is 0 Å². The van der Waals surface area contributed by atoms with Gasteiger partial charge in [0.2, 0.25) is 5.88 Å². The third kappa shape index (κ3) is 4.11. The number of methoxy groups -OCH3 is 2. The van der Waals surface area contributed by atoms with E-state index in [9.17, 15) is 15.0 Å². The minimum atomic E-state index is -0.408. The maximum atomic E-state index is 13.3. The summed E-state index contributed by atoms with van der Waals surface area (Å²) in [5.41, 5.74) is 1.74. The zero-order chi connectivity index (χ0) is 22.7. The molecule has 0 bridgehead atoms. The van der Waals surface area contributed by atoms with Crippen LogP contribution in [0.4, 0.5) is 0 Å². The van der Waals surface area contributed by atoms with Crippen molar-refractivity contribution in [3.8, 4) is 34.4 Å². The molecule has 0 atom stereocenters. The first kappa shape index (κ1) is 22.0. The molecule has 0 spiro atoms. The van der Waals surface area contributed by atoms with Crippen LogP contribution in [0, 0.1) is 0 Å². The van der Waals surface area contributed by atoms with Crippen LogP contribution in [0.25, 0.3) is 11.3 Å². The topological polar surface area (TPSA) is 93.4 Å². The van der Waals surface area contributed by atoms with E-state index in [4.69, 9.17) is 14.2 Å².